The second kappa shape index (κ2) is 5.33. The van der Waals surface area contributed by atoms with Crippen LogP contribution in [-0.2, 0) is 11.3 Å². The van der Waals surface area contributed by atoms with Crippen LogP contribution in [0.25, 0.3) is 0 Å². The van der Waals surface area contributed by atoms with E-state index in [0.717, 1.165) is 6.42 Å². The zero-order chi connectivity index (χ0) is 10.4. The van der Waals surface area contributed by atoms with Crippen LogP contribution in [0.1, 0.15) is 25.6 Å². The zero-order valence-electron chi connectivity index (χ0n) is 8.06. The van der Waals surface area contributed by atoms with Crippen molar-refractivity contribution < 1.29 is 9.32 Å². The second-order valence-corrected chi connectivity index (χ2v) is 2.96. The third-order valence-corrected chi connectivity index (χ3v) is 1.76. The molecule has 78 valence electrons. The molecule has 1 atom stereocenters. The summed E-state index contributed by atoms with van der Waals surface area (Å²) in [6.07, 6.45) is 2.78. The molecule has 0 radical (unpaired) electrons. The Labute approximate surface area is 81.9 Å². The average Bonchev–Trinajstić information content (AvgIpc) is 2.67. The standard InChI is InChI=1S/C8H14N4O2/c1-2-3-6(9)8(13)10-4-7-11-5-14-12-7/h5-6H,2-4,9H2,1H3,(H,10,13)/t6-/m0/s1. The van der Waals surface area contributed by atoms with Crippen LogP contribution in [-0.4, -0.2) is 22.1 Å². The van der Waals surface area contributed by atoms with E-state index < -0.39 is 6.04 Å². The fourth-order valence-electron chi connectivity index (χ4n) is 1.01. The molecule has 0 fully saturated rings. The summed E-state index contributed by atoms with van der Waals surface area (Å²) in [6.45, 7) is 2.24. The highest BCUT2D eigenvalue weighted by molar-refractivity contribution is 5.81. The van der Waals surface area contributed by atoms with Crippen molar-refractivity contribution in [3.05, 3.63) is 12.2 Å². The van der Waals surface area contributed by atoms with Gasteiger partial charge in [-0.1, -0.05) is 18.5 Å². The first-order valence-electron chi connectivity index (χ1n) is 4.52. The predicted octanol–water partition coefficient (Wildman–Crippen LogP) is -0.187. The summed E-state index contributed by atoms with van der Waals surface area (Å²) in [5, 5.41) is 6.17. The lowest BCUT2D eigenvalue weighted by Crippen LogP contribution is -2.40. The molecule has 0 unspecified atom stereocenters. The molecular weight excluding hydrogens is 184 g/mol. The molecule has 0 aliphatic heterocycles. The van der Waals surface area contributed by atoms with Gasteiger partial charge >= 0.3 is 0 Å². The third-order valence-electron chi connectivity index (χ3n) is 1.76. The highest BCUT2D eigenvalue weighted by Gasteiger charge is 2.12. The summed E-state index contributed by atoms with van der Waals surface area (Å²) in [5.74, 6) is 0.263. The fourth-order valence-corrected chi connectivity index (χ4v) is 1.01. The van der Waals surface area contributed by atoms with Gasteiger partial charge in [0.1, 0.15) is 0 Å². The molecule has 0 saturated heterocycles. The first-order valence-corrected chi connectivity index (χ1v) is 4.52. The molecule has 1 aromatic rings. The maximum absolute atomic E-state index is 11.3. The minimum absolute atomic E-state index is 0.184. The molecule has 14 heavy (non-hydrogen) atoms. The van der Waals surface area contributed by atoms with Gasteiger partial charge in [0, 0.05) is 0 Å². The number of nitrogens with zero attached hydrogens (tertiary/aromatic N) is 2. The molecule has 3 N–H and O–H groups in total. The van der Waals surface area contributed by atoms with Crippen molar-refractivity contribution in [3.63, 3.8) is 0 Å². The van der Waals surface area contributed by atoms with Crippen LogP contribution in [0.15, 0.2) is 10.9 Å². The van der Waals surface area contributed by atoms with E-state index in [1.54, 1.807) is 0 Å². The number of aromatic nitrogens is 2. The Morgan fingerprint density at radius 2 is 2.57 bits per heavy atom. The number of amides is 1. The summed E-state index contributed by atoms with van der Waals surface area (Å²) >= 11 is 0. The summed E-state index contributed by atoms with van der Waals surface area (Å²) in [6, 6.07) is -0.452. The van der Waals surface area contributed by atoms with Crippen LogP contribution in [0.5, 0.6) is 0 Å². The van der Waals surface area contributed by atoms with E-state index in [2.05, 4.69) is 20.0 Å². The van der Waals surface area contributed by atoms with Crippen LogP contribution >= 0.6 is 0 Å². The van der Waals surface area contributed by atoms with E-state index in [-0.39, 0.29) is 12.5 Å². The van der Waals surface area contributed by atoms with E-state index in [1.807, 2.05) is 6.92 Å². The van der Waals surface area contributed by atoms with Gasteiger partial charge in [-0.15, -0.1) is 0 Å². The minimum atomic E-state index is -0.452. The van der Waals surface area contributed by atoms with Crippen LogP contribution in [0.2, 0.25) is 0 Å². The van der Waals surface area contributed by atoms with Gasteiger partial charge in [0.05, 0.1) is 12.6 Å². The zero-order valence-corrected chi connectivity index (χ0v) is 8.06. The molecule has 1 heterocycles. The molecular formula is C8H14N4O2. The van der Waals surface area contributed by atoms with Crippen LogP contribution in [0.4, 0.5) is 0 Å². The normalized spacial score (nSPS) is 12.4. The molecule has 0 aromatic carbocycles. The second-order valence-electron chi connectivity index (χ2n) is 2.96. The quantitative estimate of drug-likeness (QED) is 0.684. The molecule has 0 saturated carbocycles. The third kappa shape index (κ3) is 3.14. The van der Waals surface area contributed by atoms with Crippen molar-refractivity contribution >= 4 is 5.91 Å². The maximum Gasteiger partial charge on any atom is 0.237 e. The van der Waals surface area contributed by atoms with Crippen molar-refractivity contribution in [1.82, 2.24) is 15.5 Å². The largest absolute Gasteiger partial charge is 0.347 e. The summed E-state index contributed by atoms with van der Waals surface area (Å²) in [4.78, 5) is 15.1. The SMILES string of the molecule is CCC[C@H](N)C(=O)NCc1ncon1. The van der Waals surface area contributed by atoms with Gasteiger partial charge in [0.2, 0.25) is 12.3 Å². The molecule has 1 amide bonds. The van der Waals surface area contributed by atoms with E-state index in [0.29, 0.717) is 12.2 Å². The van der Waals surface area contributed by atoms with E-state index in [9.17, 15) is 4.79 Å². The van der Waals surface area contributed by atoms with Gasteiger partial charge in [-0.25, -0.2) is 0 Å². The van der Waals surface area contributed by atoms with Crippen molar-refractivity contribution in [2.24, 2.45) is 5.73 Å². The van der Waals surface area contributed by atoms with E-state index in [4.69, 9.17) is 5.73 Å². The first-order chi connectivity index (χ1) is 6.74. The molecule has 1 rings (SSSR count). The van der Waals surface area contributed by atoms with E-state index >= 15 is 0 Å². The Kier molecular flexibility index (Phi) is 4.06. The highest BCUT2D eigenvalue weighted by Crippen LogP contribution is 1.94. The Morgan fingerprint density at radius 1 is 1.79 bits per heavy atom. The van der Waals surface area contributed by atoms with Crippen molar-refractivity contribution in [1.29, 1.82) is 0 Å². The average molecular weight is 198 g/mol. The van der Waals surface area contributed by atoms with Crippen molar-refractivity contribution in [3.8, 4) is 0 Å². The Bertz CT molecular complexity index is 273. The Balaban J connectivity index is 2.27. The number of rotatable bonds is 5. The summed E-state index contributed by atoms with van der Waals surface area (Å²) in [7, 11) is 0. The van der Waals surface area contributed by atoms with Crippen molar-refractivity contribution in [2.75, 3.05) is 0 Å². The number of nitrogens with two attached hydrogens (primary N) is 1. The predicted molar refractivity (Wildman–Crippen MR) is 49.0 cm³/mol. The Morgan fingerprint density at radius 3 is 3.14 bits per heavy atom. The van der Waals surface area contributed by atoms with Gasteiger partial charge in [0.15, 0.2) is 5.82 Å². The number of hydrogen-bond donors (Lipinski definition) is 2. The van der Waals surface area contributed by atoms with Gasteiger partial charge in [-0.3, -0.25) is 4.79 Å². The monoisotopic (exact) mass is 198 g/mol. The topological polar surface area (TPSA) is 94.0 Å². The smallest absolute Gasteiger partial charge is 0.237 e. The molecule has 0 aliphatic carbocycles. The number of carbonyl (C=O) groups is 1. The number of nitrogens with one attached hydrogen (secondary N) is 1. The lowest BCUT2D eigenvalue weighted by Gasteiger charge is -2.09. The Hall–Kier alpha value is -1.43. The van der Waals surface area contributed by atoms with Crippen molar-refractivity contribution in [2.45, 2.75) is 32.4 Å². The number of hydrogen-bond acceptors (Lipinski definition) is 5. The highest BCUT2D eigenvalue weighted by atomic mass is 16.5. The summed E-state index contributed by atoms with van der Waals surface area (Å²) < 4.78 is 4.51. The van der Waals surface area contributed by atoms with Gasteiger partial charge in [-0.2, -0.15) is 4.98 Å². The lowest BCUT2D eigenvalue weighted by molar-refractivity contribution is -0.122. The van der Waals surface area contributed by atoms with Gasteiger partial charge in [-0.05, 0) is 6.42 Å². The molecule has 6 nitrogen and oxygen atoms in total. The fraction of sp³-hybridized carbons (Fsp3) is 0.625. The molecule has 0 aliphatic rings. The van der Waals surface area contributed by atoms with Gasteiger partial charge in [0.25, 0.3) is 0 Å². The minimum Gasteiger partial charge on any atom is -0.347 e. The van der Waals surface area contributed by atoms with Crippen LogP contribution in [0.3, 0.4) is 0 Å². The van der Waals surface area contributed by atoms with Crippen LogP contribution in [0, 0.1) is 0 Å². The lowest BCUT2D eigenvalue weighted by atomic mass is 10.2. The summed E-state index contributed by atoms with van der Waals surface area (Å²) in [5.41, 5.74) is 5.59. The maximum atomic E-state index is 11.3. The number of carbonyl (C=O) groups excluding carboxylic acids is 1. The van der Waals surface area contributed by atoms with Crippen LogP contribution < -0.4 is 11.1 Å². The molecule has 0 bridgehead atoms. The molecule has 6 heteroatoms. The first kappa shape index (κ1) is 10.6. The van der Waals surface area contributed by atoms with Gasteiger partial charge < -0.3 is 15.6 Å². The van der Waals surface area contributed by atoms with E-state index in [1.165, 1.54) is 6.39 Å². The molecule has 1 aromatic heterocycles. The molecule has 0 spiro atoms.